The van der Waals surface area contributed by atoms with Crippen molar-refractivity contribution in [3.05, 3.63) is 12.7 Å². The van der Waals surface area contributed by atoms with Gasteiger partial charge < -0.3 is 5.73 Å². The van der Waals surface area contributed by atoms with Gasteiger partial charge in [0.2, 0.25) is 0 Å². The van der Waals surface area contributed by atoms with Crippen molar-refractivity contribution < 1.29 is 55.0 Å². The summed E-state index contributed by atoms with van der Waals surface area (Å²) in [4.78, 5) is 29.2. The fourth-order valence-electron chi connectivity index (χ4n) is 2.77. The standard InChI is InChI=1S/C11H19AsN5O12P2/c13-9-6-10(15-3-14-9)17(4-16-6)11-8(19)7(18)5(28-11)1-27-31(25,26)29-30(23,24)2-12(20,21)22/h3-5,7-8,11,18-22H,1-2H2,(H,23,24)(H,25,26)(H2,13,14,15)/t5-,7-,8+,11+/m0/s1. The van der Waals surface area contributed by atoms with Crippen molar-refractivity contribution in [2.24, 2.45) is 0 Å². The van der Waals surface area contributed by atoms with Crippen LogP contribution in [0.1, 0.15) is 6.23 Å². The normalized spacial score (nSPS) is 28.5. The Balaban J connectivity index is 1.68. The number of ether oxygens (including phenoxy) is 1. The molecule has 3 rings (SSSR count). The van der Waals surface area contributed by atoms with Crippen LogP contribution in [0, 0.1) is 0 Å². The van der Waals surface area contributed by atoms with Crippen molar-refractivity contribution >= 4 is 47.0 Å². The van der Waals surface area contributed by atoms with Gasteiger partial charge in [0, 0.05) is 0 Å². The van der Waals surface area contributed by atoms with E-state index in [1.54, 1.807) is 0 Å². The summed E-state index contributed by atoms with van der Waals surface area (Å²) in [5.41, 5.74) is 6.06. The molecule has 0 spiro atoms. The Hall–Kier alpha value is -1.03. The summed E-state index contributed by atoms with van der Waals surface area (Å²) in [6, 6.07) is 0. The quantitative estimate of drug-likeness (QED) is 0.119. The van der Waals surface area contributed by atoms with Gasteiger partial charge in [-0.15, -0.1) is 0 Å². The van der Waals surface area contributed by atoms with Crippen LogP contribution in [0.25, 0.3) is 11.2 Å². The summed E-state index contributed by atoms with van der Waals surface area (Å²) in [6.45, 7) is -0.880. The zero-order valence-electron chi connectivity index (χ0n) is 15.3. The second kappa shape index (κ2) is 8.72. The van der Waals surface area contributed by atoms with E-state index in [-0.39, 0.29) is 17.0 Å². The number of phosphoric acid groups is 1. The summed E-state index contributed by atoms with van der Waals surface area (Å²) in [7, 11) is -10.4. The summed E-state index contributed by atoms with van der Waals surface area (Å²) in [5, 5.41) is 20.5. The Morgan fingerprint density at radius 1 is 1.16 bits per heavy atom. The molecule has 6 atom stereocenters. The number of aliphatic hydroxyl groups is 2. The molecule has 1 aliphatic heterocycles. The molecule has 0 aromatic carbocycles. The van der Waals surface area contributed by atoms with Gasteiger partial charge in [0.1, 0.15) is 6.33 Å². The number of nitrogens with zero attached hydrogens (tertiary/aromatic N) is 4. The molecule has 2 aromatic heterocycles. The molecule has 0 bridgehead atoms. The van der Waals surface area contributed by atoms with Crippen LogP contribution in [0.4, 0.5) is 5.82 Å². The number of hydrogen-bond acceptors (Lipinski definition) is 14. The van der Waals surface area contributed by atoms with Crippen LogP contribution >= 0.6 is 15.4 Å². The third kappa shape index (κ3) is 5.86. The molecule has 2 aromatic rings. The number of hydrogen-bond donors (Lipinski definition) is 8. The number of imidazole rings is 1. The average Bonchev–Trinajstić information content (AvgIpc) is 3.13. The second-order valence-corrected chi connectivity index (χ2v) is 14.5. The van der Waals surface area contributed by atoms with Gasteiger partial charge >= 0.3 is 153 Å². The molecular weight excluding hydrogens is 531 g/mol. The average molecular weight is 550 g/mol. The molecule has 1 aliphatic rings. The van der Waals surface area contributed by atoms with E-state index in [1.165, 1.54) is 10.9 Å². The van der Waals surface area contributed by atoms with Crippen LogP contribution in [0.3, 0.4) is 0 Å². The van der Waals surface area contributed by atoms with Gasteiger partial charge in [-0.05, 0) is 0 Å². The fourth-order valence-corrected chi connectivity index (χ4v) is 9.26. The molecule has 1 fully saturated rings. The Kier molecular flexibility index (Phi) is 6.92. The van der Waals surface area contributed by atoms with E-state index in [1.807, 2.05) is 0 Å². The molecule has 0 aliphatic carbocycles. The number of fused-ring (bicyclic) bond motifs is 1. The molecule has 17 nitrogen and oxygen atoms in total. The van der Waals surface area contributed by atoms with Gasteiger partial charge in [-0.3, -0.25) is 0 Å². The van der Waals surface area contributed by atoms with Gasteiger partial charge in [0.15, 0.2) is 5.82 Å². The number of aliphatic hydroxyl groups excluding tert-OH is 2. The predicted molar refractivity (Wildman–Crippen MR) is 99.6 cm³/mol. The van der Waals surface area contributed by atoms with Gasteiger partial charge in [-0.2, -0.15) is 0 Å². The molecule has 20 heteroatoms. The van der Waals surface area contributed by atoms with E-state index >= 15 is 0 Å². The van der Waals surface area contributed by atoms with Crippen molar-refractivity contribution in [1.29, 1.82) is 0 Å². The third-order valence-corrected chi connectivity index (χ3v) is 11.7. The molecule has 0 amide bonds. The van der Waals surface area contributed by atoms with Gasteiger partial charge in [-0.1, -0.05) is 0 Å². The molecular formula is C11H19AsN5O12P2. The second-order valence-electron chi connectivity index (χ2n) is 6.45. The Morgan fingerprint density at radius 2 is 1.84 bits per heavy atom. The zero-order chi connectivity index (χ0) is 23.2. The summed E-state index contributed by atoms with van der Waals surface area (Å²) in [6.07, 6.45) is -3.48. The first-order valence-corrected chi connectivity index (χ1v) is 15.3. The zero-order valence-corrected chi connectivity index (χ0v) is 18.9. The Morgan fingerprint density at radius 3 is 2.48 bits per heavy atom. The first-order valence-electron chi connectivity index (χ1n) is 8.20. The van der Waals surface area contributed by atoms with Crippen molar-refractivity contribution in [2.75, 3.05) is 17.3 Å². The topological polar surface area (TPSA) is 273 Å². The van der Waals surface area contributed by atoms with Crippen LogP contribution in [-0.4, -0.2) is 96.2 Å². The van der Waals surface area contributed by atoms with E-state index in [9.17, 15) is 29.1 Å². The first kappa shape index (κ1) is 24.6. The summed E-state index contributed by atoms with van der Waals surface area (Å²) < 4.78 is 65.4. The van der Waals surface area contributed by atoms with E-state index in [4.69, 9.17) is 22.8 Å². The monoisotopic (exact) mass is 550 g/mol. The van der Waals surface area contributed by atoms with E-state index in [0.29, 0.717) is 0 Å². The minimum absolute atomic E-state index is 0.0601. The van der Waals surface area contributed by atoms with E-state index in [2.05, 4.69) is 23.8 Å². The molecule has 0 saturated carbocycles. The number of phosphoric ester groups is 1. The molecule has 1 saturated heterocycles. The van der Waals surface area contributed by atoms with Crippen molar-refractivity contribution in [3.8, 4) is 0 Å². The number of nitrogens with two attached hydrogens (primary N) is 1. The van der Waals surface area contributed by atoms with Crippen LogP contribution in [0.2, 0.25) is 0 Å². The van der Waals surface area contributed by atoms with E-state index in [0.717, 1.165) is 6.33 Å². The van der Waals surface area contributed by atoms with Crippen molar-refractivity contribution in [2.45, 2.75) is 24.5 Å². The van der Waals surface area contributed by atoms with Crippen LogP contribution in [0.5, 0.6) is 0 Å². The number of anilines is 1. The number of aromatic nitrogens is 4. The maximum atomic E-state index is 11.9. The third-order valence-electron chi connectivity index (χ3n) is 4.00. The van der Waals surface area contributed by atoms with Crippen LogP contribution in [-0.2, 0) is 22.7 Å². The first-order chi connectivity index (χ1) is 14.2. The number of rotatable bonds is 8. The molecule has 2 unspecified atom stereocenters. The number of nitrogen functional groups attached to an aromatic ring is 1. The fraction of sp³-hybridized carbons (Fsp3) is 0.545. The molecule has 1 radical (unpaired) electrons. The Labute approximate surface area is 176 Å². The van der Waals surface area contributed by atoms with Gasteiger partial charge in [0.05, 0.1) is 0 Å². The SMILES string of the molecule is Nc1ncnc2c1ncn2[C@@H]1O[C@@H](COP(=O)(O)OP(=O)(O)C[As](O)(O)O)[C@H](O)[C@H]1O. The van der Waals surface area contributed by atoms with Gasteiger partial charge in [-0.25, -0.2) is 4.98 Å². The summed E-state index contributed by atoms with van der Waals surface area (Å²) >= 11 is -5.42. The molecule has 175 valence electrons. The minimum atomic E-state index is -5.42. The van der Waals surface area contributed by atoms with Crippen molar-refractivity contribution in [1.82, 2.24) is 19.5 Å². The Bertz CT molecular complexity index is 1050. The maximum absolute atomic E-state index is 11.9. The molecule has 9 N–H and O–H groups in total. The van der Waals surface area contributed by atoms with Crippen LogP contribution < -0.4 is 5.73 Å². The van der Waals surface area contributed by atoms with E-state index < -0.39 is 66.1 Å². The molecule has 31 heavy (non-hydrogen) atoms. The van der Waals surface area contributed by atoms with Crippen molar-refractivity contribution in [3.63, 3.8) is 0 Å². The van der Waals surface area contributed by atoms with Gasteiger partial charge in [0.25, 0.3) is 0 Å². The predicted octanol–water partition coefficient (Wildman–Crippen LogP) is -3.20. The molecule has 3 heterocycles. The van der Waals surface area contributed by atoms with Crippen LogP contribution in [0.15, 0.2) is 12.7 Å². The summed E-state index contributed by atoms with van der Waals surface area (Å²) in [5.74, 6) is 0.0601.